The standard InChI is InChI=1S/C18H12N6O/c1-6-19-18(20-7-1)25-13-4-2-11(3-5-13)17-22-15-8-12-10-21-24-14(12)9-16(15)23-17/h1-10H,(H,21,24)(H,22,23). The number of fused-ring (bicyclic) bond motifs is 2. The van der Waals surface area contributed by atoms with Gasteiger partial charge in [0.2, 0.25) is 0 Å². The van der Waals surface area contributed by atoms with Crippen LogP contribution in [0.2, 0.25) is 0 Å². The molecule has 0 radical (unpaired) electrons. The summed E-state index contributed by atoms with van der Waals surface area (Å²) in [5.41, 5.74) is 3.74. The number of rotatable bonds is 3. The van der Waals surface area contributed by atoms with Crippen molar-refractivity contribution in [2.45, 2.75) is 0 Å². The van der Waals surface area contributed by atoms with Crippen molar-refractivity contribution in [2.75, 3.05) is 0 Å². The summed E-state index contributed by atoms with van der Waals surface area (Å²) in [6, 6.07) is 13.7. The molecule has 0 atom stereocenters. The monoisotopic (exact) mass is 328 g/mol. The molecular formula is C18H12N6O. The zero-order valence-corrected chi connectivity index (χ0v) is 13.0. The first-order chi connectivity index (χ1) is 12.3. The Labute approximate surface area is 141 Å². The molecule has 0 saturated carbocycles. The van der Waals surface area contributed by atoms with Gasteiger partial charge < -0.3 is 9.72 Å². The molecule has 0 saturated heterocycles. The van der Waals surface area contributed by atoms with Crippen LogP contribution in [0, 0.1) is 0 Å². The van der Waals surface area contributed by atoms with Crippen LogP contribution in [0.5, 0.6) is 11.8 Å². The maximum Gasteiger partial charge on any atom is 0.321 e. The van der Waals surface area contributed by atoms with Gasteiger partial charge in [-0.25, -0.2) is 15.0 Å². The molecule has 0 aliphatic rings. The van der Waals surface area contributed by atoms with E-state index in [0.29, 0.717) is 11.8 Å². The van der Waals surface area contributed by atoms with Gasteiger partial charge in [-0.3, -0.25) is 5.10 Å². The molecule has 25 heavy (non-hydrogen) atoms. The number of hydrogen-bond acceptors (Lipinski definition) is 5. The van der Waals surface area contributed by atoms with Crippen molar-refractivity contribution in [3.05, 3.63) is 61.1 Å². The third kappa shape index (κ3) is 2.47. The normalized spacial score (nSPS) is 11.2. The van der Waals surface area contributed by atoms with Crippen LogP contribution in [-0.2, 0) is 0 Å². The summed E-state index contributed by atoms with van der Waals surface area (Å²) in [7, 11) is 0. The van der Waals surface area contributed by atoms with Crippen LogP contribution >= 0.6 is 0 Å². The van der Waals surface area contributed by atoms with Gasteiger partial charge in [-0.15, -0.1) is 0 Å². The van der Waals surface area contributed by atoms with Gasteiger partial charge in [-0.1, -0.05) is 0 Å². The lowest BCUT2D eigenvalue weighted by atomic mass is 10.2. The lowest BCUT2D eigenvalue weighted by Gasteiger charge is -2.03. The highest BCUT2D eigenvalue weighted by Crippen LogP contribution is 2.26. The van der Waals surface area contributed by atoms with Crippen molar-refractivity contribution < 1.29 is 4.74 Å². The number of nitrogens with zero attached hydrogens (tertiary/aromatic N) is 4. The van der Waals surface area contributed by atoms with E-state index in [1.165, 1.54) is 0 Å². The summed E-state index contributed by atoms with van der Waals surface area (Å²) in [6.45, 7) is 0. The number of H-pyrrole nitrogens is 2. The van der Waals surface area contributed by atoms with Crippen molar-refractivity contribution in [1.82, 2.24) is 30.1 Å². The van der Waals surface area contributed by atoms with Gasteiger partial charge in [0.15, 0.2) is 0 Å². The third-order valence-electron chi connectivity index (χ3n) is 3.91. The second-order valence-corrected chi connectivity index (χ2v) is 5.56. The van der Waals surface area contributed by atoms with Crippen molar-refractivity contribution in [2.24, 2.45) is 0 Å². The molecule has 3 aromatic heterocycles. The van der Waals surface area contributed by atoms with Crippen LogP contribution in [0.25, 0.3) is 33.3 Å². The van der Waals surface area contributed by atoms with Crippen LogP contribution < -0.4 is 4.74 Å². The van der Waals surface area contributed by atoms with E-state index in [-0.39, 0.29) is 0 Å². The molecule has 0 unspecified atom stereocenters. The van der Waals surface area contributed by atoms with Crippen LogP contribution in [0.1, 0.15) is 0 Å². The van der Waals surface area contributed by atoms with Gasteiger partial charge in [0.25, 0.3) is 0 Å². The Kier molecular flexibility index (Phi) is 2.96. The first-order valence-corrected chi connectivity index (χ1v) is 7.74. The highest BCUT2D eigenvalue weighted by Gasteiger charge is 2.08. The zero-order chi connectivity index (χ0) is 16.6. The van der Waals surface area contributed by atoms with E-state index in [9.17, 15) is 0 Å². The molecule has 5 aromatic rings. The lowest BCUT2D eigenvalue weighted by Crippen LogP contribution is -1.90. The Hall–Kier alpha value is -3.74. The molecule has 2 aromatic carbocycles. The predicted molar refractivity (Wildman–Crippen MR) is 93.3 cm³/mol. The second-order valence-electron chi connectivity index (χ2n) is 5.56. The fraction of sp³-hybridized carbons (Fsp3) is 0. The highest BCUT2D eigenvalue weighted by molar-refractivity contribution is 5.93. The molecule has 7 heteroatoms. The number of hydrogen-bond donors (Lipinski definition) is 2. The van der Waals surface area contributed by atoms with Crippen LogP contribution in [0.3, 0.4) is 0 Å². The fourth-order valence-electron chi connectivity index (χ4n) is 2.71. The molecule has 3 heterocycles. The van der Waals surface area contributed by atoms with Crippen LogP contribution in [0.4, 0.5) is 0 Å². The summed E-state index contributed by atoms with van der Waals surface area (Å²) in [5.74, 6) is 1.47. The topological polar surface area (TPSA) is 92.4 Å². The summed E-state index contributed by atoms with van der Waals surface area (Å²) in [5, 5.41) is 8.10. The van der Waals surface area contributed by atoms with Crippen LogP contribution in [0.15, 0.2) is 61.1 Å². The minimum Gasteiger partial charge on any atom is -0.424 e. The predicted octanol–water partition coefficient (Wildman–Crippen LogP) is 3.69. The Morgan fingerprint density at radius 1 is 0.920 bits per heavy atom. The zero-order valence-electron chi connectivity index (χ0n) is 13.0. The van der Waals surface area contributed by atoms with Gasteiger partial charge in [-0.2, -0.15) is 5.10 Å². The Bertz CT molecular complexity index is 1110. The van der Waals surface area contributed by atoms with E-state index in [2.05, 4.69) is 30.1 Å². The molecule has 5 rings (SSSR count). The number of aromatic nitrogens is 6. The molecule has 0 bridgehead atoms. The molecule has 2 N–H and O–H groups in total. The van der Waals surface area contributed by atoms with Gasteiger partial charge in [0.05, 0.1) is 16.6 Å². The van der Waals surface area contributed by atoms with Crippen molar-refractivity contribution in [1.29, 1.82) is 0 Å². The first kappa shape index (κ1) is 13.7. The van der Waals surface area contributed by atoms with Gasteiger partial charge >= 0.3 is 6.01 Å². The Balaban J connectivity index is 1.47. The number of benzene rings is 2. The van der Waals surface area contributed by atoms with E-state index < -0.39 is 0 Å². The molecule has 0 spiro atoms. The number of imidazole rings is 1. The SMILES string of the molecule is c1cnc(Oc2ccc(-c3nc4cc5c[nH]nc5cc4[nH]3)cc2)nc1. The smallest absolute Gasteiger partial charge is 0.321 e. The summed E-state index contributed by atoms with van der Waals surface area (Å²) in [4.78, 5) is 16.1. The quantitative estimate of drug-likeness (QED) is 0.527. The average Bonchev–Trinajstić information content (AvgIpc) is 3.27. The Morgan fingerprint density at radius 2 is 1.76 bits per heavy atom. The summed E-state index contributed by atoms with van der Waals surface area (Å²) < 4.78 is 5.61. The number of ether oxygens (including phenoxy) is 1. The van der Waals surface area contributed by atoms with E-state index >= 15 is 0 Å². The molecule has 7 nitrogen and oxygen atoms in total. The van der Waals surface area contributed by atoms with Crippen molar-refractivity contribution in [3.8, 4) is 23.1 Å². The molecule has 0 fully saturated rings. The molecule has 0 aliphatic carbocycles. The van der Waals surface area contributed by atoms with Crippen molar-refractivity contribution in [3.63, 3.8) is 0 Å². The summed E-state index contributed by atoms with van der Waals surface area (Å²) >= 11 is 0. The second kappa shape index (κ2) is 5.41. The van der Waals surface area contributed by atoms with E-state index in [1.54, 1.807) is 18.5 Å². The maximum absolute atomic E-state index is 5.61. The lowest BCUT2D eigenvalue weighted by molar-refractivity contribution is 0.442. The summed E-state index contributed by atoms with van der Waals surface area (Å²) in [6.07, 6.45) is 5.14. The van der Waals surface area contributed by atoms with E-state index in [4.69, 9.17) is 4.74 Å². The van der Waals surface area contributed by atoms with Gasteiger partial charge in [0.1, 0.15) is 11.6 Å². The maximum atomic E-state index is 5.61. The largest absolute Gasteiger partial charge is 0.424 e. The minimum absolute atomic E-state index is 0.321. The van der Waals surface area contributed by atoms with Crippen LogP contribution in [-0.4, -0.2) is 30.1 Å². The average molecular weight is 328 g/mol. The van der Waals surface area contributed by atoms with E-state index in [0.717, 1.165) is 33.3 Å². The molecule has 0 aliphatic heterocycles. The minimum atomic E-state index is 0.321. The third-order valence-corrected chi connectivity index (χ3v) is 3.91. The first-order valence-electron chi connectivity index (χ1n) is 7.74. The molecule has 0 amide bonds. The Morgan fingerprint density at radius 3 is 2.60 bits per heavy atom. The van der Waals surface area contributed by atoms with Gasteiger partial charge in [-0.05, 0) is 42.5 Å². The number of nitrogens with one attached hydrogen (secondary N) is 2. The highest BCUT2D eigenvalue weighted by atomic mass is 16.5. The van der Waals surface area contributed by atoms with Gasteiger partial charge in [0, 0.05) is 29.5 Å². The fourth-order valence-corrected chi connectivity index (χ4v) is 2.71. The van der Waals surface area contributed by atoms with Crippen molar-refractivity contribution >= 4 is 21.9 Å². The molecule has 120 valence electrons. The number of aromatic amines is 2. The van der Waals surface area contributed by atoms with E-state index in [1.807, 2.05) is 42.6 Å². The molecular weight excluding hydrogens is 316 g/mol.